The molecule has 0 aliphatic carbocycles. The van der Waals surface area contributed by atoms with E-state index in [0.717, 1.165) is 11.9 Å². The van der Waals surface area contributed by atoms with E-state index >= 15 is 0 Å². The smallest absolute Gasteiger partial charge is 0.237 e. The molecule has 142 valence electrons. The minimum atomic E-state index is -3.15. The van der Waals surface area contributed by atoms with Crippen molar-refractivity contribution in [2.75, 3.05) is 39.0 Å². The number of H-pyrrole nitrogens is 1. The number of carbonyl (C=O) groups excluding carboxylic acids is 1. The van der Waals surface area contributed by atoms with Crippen LogP contribution in [0.15, 0.2) is 30.5 Å². The summed E-state index contributed by atoms with van der Waals surface area (Å²) in [6.07, 6.45) is 3.98. The monoisotopic (exact) mass is 378 g/mol. The highest BCUT2D eigenvalue weighted by molar-refractivity contribution is 7.88. The quantitative estimate of drug-likeness (QED) is 0.778. The van der Waals surface area contributed by atoms with E-state index in [4.69, 9.17) is 0 Å². The van der Waals surface area contributed by atoms with Crippen molar-refractivity contribution in [1.82, 2.24) is 19.5 Å². The summed E-state index contributed by atoms with van der Waals surface area (Å²) in [5.74, 6) is -0.0161. The number of para-hydroxylation sites is 1. The van der Waals surface area contributed by atoms with Crippen molar-refractivity contribution in [3.05, 3.63) is 36.0 Å². The maximum atomic E-state index is 12.4. The molecule has 2 N–H and O–H groups in total. The summed E-state index contributed by atoms with van der Waals surface area (Å²) < 4.78 is 24.6. The third-order valence-electron chi connectivity index (χ3n) is 5.04. The van der Waals surface area contributed by atoms with Gasteiger partial charge in [-0.15, -0.1) is 0 Å². The number of piperazine rings is 1. The van der Waals surface area contributed by atoms with E-state index in [1.165, 1.54) is 21.5 Å². The third-order valence-corrected chi connectivity index (χ3v) is 6.34. The van der Waals surface area contributed by atoms with E-state index in [9.17, 15) is 13.2 Å². The van der Waals surface area contributed by atoms with Gasteiger partial charge in [0, 0.05) is 49.8 Å². The number of carbonyl (C=O) groups is 1. The van der Waals surface area contributed by atoms with Crippen molar-refractivity contribution in [3.63, 3.8) is 0 Å². The second-order valence-corrected chi connectivity index (χ2v) is 8.76. The average molecular weight is 378 g/mol. The van der Waals surface area contributed by atoms with Crippen molar-refractivity contribution in [2.24, 2.45) is 0 Å². The molecule has 0 saturated carbocycles. The lowest BCUT2D eigenvalue weighted by atomic mass is 10.1. The predicted molar refractivity (Wildman–Crippen MR) is 102 cm³/mol. The third kappa shape index (κ3) is 4.25. The number of nitrogens with one attached hydrogen (secondary N) is 2. The zero-order valence-corrected chi connectivity index (χ0v) is 16.1. The Hall–Kier alpha value is -1.90. The summed E-state index contributed by atoms with van der Waals surface area (Å²) in [7, 11) is -3.15. The van der Waals surface area contributed by atoms with Crippen molar-refractivity contribution >= 4 is 26.8 Å². The van der Waals surface area contributed by atoms with Gasteiger partial charge in [-0.25, -0.2) is 8.42 Å². The number of fused-ring (bicyclic) bond motifs is 1. The van der Waals surface area contributed by atoms with Gasteiger partial charge in [-0.2, -0.15) is 4.31 Å². The first-order chi connectivity index (χ1) is 12.4. The number of hydrogen-bond acceptors (Lipinski definition) is 4. The highest BCUT2D eigenvalue weighted by Gasteiger charge is 2.28. The molecule has 26 heavy (non-hydrogen) atoms. The van der Waals surface area contributed by atoms with Gasteiger partial charge in [0.15, 0.2) is 0 Å². The molecule has 1 unspecified atom stereocenters. The molecule has 0 spiro atoms. The van der Waals surface area contributed by atoms with Gasteiger partial charge >= 0.3 is 0 Å². The molecule has 2 heterocycles. The summed E-state index contributed by atoms with van der Waals surface area (Å²) >= 11 is 0. The van der Waals surface area contributed by atoms with Gasteiger partial charge in [0.2, 0.25) is 15.9 Å². The minimum absolute atomic E-state index is 0.0161. The van der Waals surface area contributed by atoms with Crippen LogP contribution in [-0.2, 0) is 21.2 Å². The normalized spacial score (nSPS) is 18.1. The van der Waals surface area contributed by atoms with Gasteiger partial charge in [-0.05, 0) is 25.0 Å². The molecule has 1 aromatic heterocycles. The fraction of sp³-hybridized carbons (Fsp3) is 0.500. The summed E-state index contributed by atoms with van der Waals surface area (Å²) in [5.41, 5.74) is 2.29. The highest BCUT2D eigenvalue weighted by atomic mass is 32.2. The van der Waals surface area contributed by atoms with E-state index < -0.39 is 10.0 Å². The Labute approximate surface area is 154 Å². The van der Waals surface area contributed by atoms with Crippen LogP contribution in [0.4, 0.5) is 0 Å². The van der Waals surface area contributed by atoms with E-state index in [2.05, 4.69) is 16.4 Å². The Morgan fingerprint density at radius 2 is 1.92 bits per heavy atom. The number of aromatic nitrogens is 1. The molecule has 1 amide bonds. The topological polar surface area (TPSA) is 85.5 Å². The molecule has 1 atom stereocenters. The highest BCUT2D eigenvalue weighted by Crippen LogP contribution is 2.17. The maximum absolute atomic E-state index is 12.4. The van der Waals surface area contributed by atoms with Crippen LogP contribution >= 0.6 is 0 Å². The largest absolute Gasteiger partial charge is 0.361 e. The lowest BCUT2D eigenvalue weighted by Crippen LogP contribution is -2.54. The summed E-state index contributed by atoms with van der Waals surface area (Å²) in [4.78, 5) is 17.7. The van der Waals surface area contributed by atoms with E-state index in [0.29, 0.717) is 32.7 Å². The molecule has 1 aliphatic rings. The molecule has 1 saturated heterocycles. The predicted octanol–water partition coefficient (Wildman–Crippen LogP) is 0.792. The Morgan fingerprint density at radius 1 is 1.23 bits per heavy atom. The minimum Gasteiger partial charge on any atom is -0.361 e. The van der Waals surface area contributed by atoms with Crippen molar-refractivity contribution in [2.45, 2.75) is 19.4 Å². The molecular weight excluding hydrogens is 352 g/mol. The van der Waals surface area contributed by atoms with Crippen LogP contribution in [0.5, 0.6) is 0 Å². The van der Waals surface area contributed by atoms with Gasteiger partial charge in [0.25, 0.3) is 0 Å². The zero-order chi connectivity index (χ0) is 18.7. The van der Waals surface area contributed by atoms with Crippen LogP contribution in [-0.4, -0.2) is 73.5 Å². The van der Waals surface area contributed by atoms with Crippen molar-refractivity contribution < 1.29 is 13.2 Å². The Kier molecular flexibility index (Phi) is 5.64. The molecule has 0 bridgehead atoms. The zero-order valence-electron chi connectivity index (χ0n) is 15.2. The van der Waals surface area contributed by atoms with Gasteiger partial charge < -0.3 is 10.3 Å². The molecule has 3 rings (SSSR count). The fourth-order valence-electron chi connectivity index (χ4n) is 3.39. The fourth-order valence-corrected chi connectivity index (χ4v) is 4.22. The Balaban J connectivity index is 1.48. The van der Waals surface area contributed by atoms with Crippen LogP contribution < -0.4 is 5.32 Å². The van der Waals surface area contributed by atoms with Gasteiger partial charge in [-0.3, -0.25) is 9.69 Å². The summed E-state index contributed by atoms with van der Waals surface area (Å²) in [6, 6.07) is 7.86. The summed E-state index contributed by atoms with van der Waals surface area (Å²) in [6.45, 7) is 4.47. The van der Waals surface area contributed by atoms with Crippen LogP contribution in [0.1, 0.15) is 12.5 Å². The number of rotatable bonds is 6. The van der Waals surface area contributed by atoms with Gasteiger partial charge in [0.05, 0.1) is 12.3 Å². The first kappa shape index (κ1) is 18.9. The van der Waals surface area contributed by atoms with E-state index in [1.54, 1.807) is 0 Å². The molecule has 8 heteroatoms. The summed E-state index contributed by atoms with van der Waals surface area (Å²) in [5, 5.41) is 4.18. The molecule has 1 aliphatic heterocycles. The van der Waals surface area contributed by atoms with Crippen LogP contribution in [0.25, 0.3) is 10.9 Å². The van der Waals surface area contributed by atoms with E-state index in [-0.39, 0.29) is 11.9 Å². The average Bonchev–Trinajstić information content (AvgIpc) is 3.04. The second kappa shape index (κ2) is 7.77. The van der Waals surface area contributed by atoms with E-state index in [1.807, 2.05) is 36.2 Å². The molecular formula is C18H26N4O3S. The van der Waals surface area contributed by atoms with Crippen molar-refractivity contribution in [3.8, 4) is 0 Å². The number of aromatic amines is 1. The SMILES string of the molecule is CC(C(=O)NCCc1c[nH]c2ccccc12)N1CCN(S(C)(=O)=O)CC1. The Bertz CT molecular complexity index is 869. The number of nitrogens with zero attached hydrogens (tertiary/aromatic N) is 2. The molecule has 7 nitrogen and oxygen atoms in total. The number of amides is 1. The second-order valence-electron chi connectivity index (χ2n) is 6.77. The van der Waals surface area contributed by atoms with Crippen LogP contribution in [0.3, 0.4) is 0 Å². The lowest BCUT2D eigenvalue weighted by molar-refractivity contribution is -0.126. The van der Waals surface area contributed by atoms with Crippen LogP contribution in [0, 0.1) is 0 Å². The number of sulfonamides is 1. The van der Waals surface area contributed by atoms with Gasteiger partial charge in [0.1, 0.15) is 0 Å². The first-order valence-electron chi connectivity index (χ1n) is 8.88. The van der Waals surface area contributed by atoms with Gasteiger partial charge in [-0.1, -0.05) is 18.2 Å². The molecule has 1 fully saturated rings. The number of benzene rings is 1. The maximum Gasteiger partial charge on any atom is 0.237 e. The first-order valence-corrected chi connectivity index (χ1v) is 10.7. The van der Waals surface area contributed by atoms with Crippen molar-refractivity contribution in [1.29, 1.82) is 0 Å². The number of hydrogen-bond donors (Lipinski definition) is 2. The Morgan fingerprint density at radius 3 is 2.62 bits per heavy atom. The molecule has 0 radical (unpaired) electrons. The molecule has 1 aromatic carbocycles. The lowest BCUT2D eigenvalue weighted by Gasteiger charge is -2.36. The van der Waals surface area contributed by atoms with Crippen LogP contribution in [0.2, 0.25) is 0 Å². The standard InChI is InChI=1S/C18H26N4O3S/c1-14(21-9-11-22(12-10-21)26(2,24)25)18(23)19-8-7-15-13-20-17-6-4-3-5-16(15)17/h3-6,13-14,20H,7-12H2,1-2H3,(H,19,23). The molecule has 2 aromatic rings.